The van der Waals surface area contributed by atoms with Gasteiger partial charge in [0.1, 0.15) is 12.6 Å². The molecule has 2 amide bonds. The molecule has 1 N–H and O–H groups in total. The summed E-state index contributed by atoms with van der Waals surface area (Å²) in [5.41, 5.74) is 1.03. The number of ether oxygens (including phenoxy) is 1. The maximum atomic E-state index is 14.2. The van der Waals surface area contributed by atoms with E-state index in [0.717, 1.165) is 12.0 Å². The minimum absolute atomic E-state index is 0.0817. The number of unbranched alkanes of at least 4 members (excludes halogenated alkanes) is 2. The average Bonchev–Trinajstić information content (AvgIpc) is 3.10. The predicted molar refractivity (Wildman–Crippen MR) is 133 cm³/mol. The van der Waals surface area contributed by atoms with Crippen molar-refractivity contribution in [3.05, 3.63) is 60.2 Å². The number of nitrogens with zero attached hydrogens (tertiary/aromatic N) is 2. The molecule has 1 spiro atoms. The zero-order valence-electron chi connectivity index (χ0n) is 20.0. The number of aliphatic hydroxyl groups is 1. The molecule has 1 aromatic rings. The van der Waals surface area contributed by atoms with E-state index in [1.165, 1.54) is 0 Å². The number of rotatable bonds is 7. The van der Waals surface area contributed by atoms with E-state index >= 15 is 0 Å². The van der Waals surface area contributed by atoms with Gasteiger partial charge < -0.3 is 19.6 Å². The lowest BCUT2D eigenvalue weighted by Gasteiger charge is -2.36. The van der Waals surface area contributed by atoms with Crippen LogP contribution in [-0.2, 0) is 25.7 Å². The fraction of sp³-hybridized carbons (Fsp3) is 0.519. The first-order valence-electron chi connectivity index (χ1n) is 12.4. The summed E-state index contributed by atoms with van der Waals surface area (Å²) in [5, 5.41) is 9.18. The SMILES string of the molecule is C[C@]12C=CCOC(=O)[C@H]1[C@H]1C(=O)N(CCCCCO)C3C(=O)N(Cc4ccccc4)CC=C[C@@]31S2. The molecule has 0 aromatic heterocycles. The van der Waals surface area contributed by atoms with Crippen molar-refractivity contribution < 1.29 is 24.2 Å². The van der Waals surface area contributed by atoms with Crippen molar-refractivity contribution in [2.75, 3.05) is 26.3 Å². The van der Waals surface area contributed by atoms with Crippen molar-refractivity contribution in [1.82, 2.24) is 9.80 Å². The Balaban J connectivity index is 1.54. The van der Waals surface area contributed by atoms with Crippen LogP contribution < -0.4 is 0 Å². The number of fused-ring (bicyclic) bond motifs is 2. The predicted octanol–water partition coefficient (Wildman–Crippen LogP) is 2.55. The molecule has 1 unspecified atom stereocenters. The van der Waals surface area contributed by atoms with Crippen molar-refractivity contribution in [2.45, 2.75) is 48.3 Å². The van der Waals surface area contributed by atoms with E-state index in [2.05, 4.69) is 0 Å². The lowest BCUT2D eigenvalue weighted by molar-refractivity contribution is -0.152. The van der Waals surface area contributed by atoms with E-state index in [1.54, 1.807) is 16.7 Å². The zero-order chi connectivity index (χ0) is 24.6. The first-order chi connectivity index (χ1) is 16.9. The van der Waals surface area contributed by atoms with Gasteiger partial charge in [0.05, 0.1) is 16.6 Å². The molecule has 7 nitrogen and oxygen atoms in total. The van der Waals surface area contributed by atoms with Crippen molar-refractivity contribution >= 4 is 29.5 Å². The molecule has 1 aromatic carbocycles. The van der Waals surface area contributed by atoms with Gasteiger partial charge in [-0.05, 0) is 37.8 Å². The summed E-state index contributed by atoms with van der Waals surface area (Å²) in [7, 11) is 0. The molecular formula is C27H32N2O5S. The summed E-state index contributed by atoms with van der Waals surface area (Å²) in [6, 6.07) is 9.16. The zero-order valence-corrected chi connectivity index (χ0v) is 20.8. The van der Waals surface area contributed by atoms with E-state index in [-0.39, 0.29) is 31.0 Å². The largest absolute Gasteiger partial charge is 0.461 e. The van der Waals surface area contributed by atoms with Gasteiger partial charge in [-0.3, -0.25) is 14.4 Å². The highest BCUT2D eigenvalue weighted by Gasteiger charge is 2.73. The van der Waals surface area contributed by atoms with E-state index in [0.29, 0.717) is 32.5 Å². The Labute approximate surface area is 210 Å². The van der Waals surface area contributed by atoms with E-state index in [1.807, 2.05) is 66.5 Å². The van der Waals surface area contributed by atoms with Crippen LogP contribution in [0.25, 0.3) is 0 Å². The molecule has 2 fully saturated rings. The second-order valence-corrected chi connectivity index (χ2v) is 11.7. The first-order valence-corrected chi connectivity index (χ1v) is 13.2. The maximum Gasteiger partial charge on any atom is 0.311 e. The highest BCUT2D eigenvalue weighted by molar-refractivity contribution is 8.02. The normalized spacial score (nSPS) is 33.8. The fourth-order valence-electron chi connectivity index (χ4n) is 6.16. The van der Waals surface area contributed by atoms with Gasteiger partial charge in [0.25, 0.3) is 0 Å². The molecule has 5 atom stereocenters. The van der Waals surface area contributed by atoms with Crippen LogP contribution in [0.3, 0.4) is 0 Å². The quantitative estimate of drug-likeness (QED) is 0.355. The van der Waals surface area contributed by atoms with Gasteiger partial charge in [-0.15, -0.1) is 11.8 Å². The summed E-state index contributed by atoms with van der Waals surface area (Å²) in [4.78, 5) is 44.9. The summed E-state index contributed by atoms with van der Waals surface area (Å²) in [5.74, 6) is -1.91. The molecular weight excluding hydrogens is 464 g/mol. The van der Waals surface area contributed by atoms with Gasteiger partial charge in [-0.1, -0.05) is 48.6 Å². The Morgan fingerprint density at radius 1 is 1.03 bits per heavy atom. The highest BCUT2D eigenvalue weighted by Crippen LogP contribution is 2.65. The number of likely N-dealkylation sites (tertiary alicyclic amines) is 1. The number of cyclic esters (lactones) is 1. The molecule has 35 heavy (non-hydrogen) atoms. The van der Waals surface area contributed by atoms with Gasteiger partial charge in [0.15, 0.2) is 0 Å². The van der Waals surface area contributed by atoms with Crippen molar-refractivity contribution in [1.29, 1.82) is 0 Å². The number of amides is 2. The molecule has 4 aliphatic heterocycles. The molecule has 0 bridgehead atoms. The van der Waals surface area contributed by atoms with Crippen LogP contribution in [0, 0.1) is 11.8 Å². The number of hydrogen-bond donors (Lipinski definition) is 1. The van der Waals surface area contributed by atoms with Crippen LogP contribution in [0.5, 0.6) is 0 Å². The monoisotopic (exact) mass is 496 g/mol. The Hall–Kier alpha value is -2.58. The average molecular weight is 497 g/mol. The molecule has 5 rings (SSSR count). The van der Waals surface area contributed by atoms with E-state index < -0.39 is 27.4 Å². The molecule has 0 radical (unpaired) electrons. The van der Waals surface area contributed by atoms with Crippen molar-refractivity contribution in [2.24, 2.45) is 11.8 Å². The topological polar surface area (TPSA) is 87.1 Å². The fourth-order valence-corrected chi connectivity index (χ4v) is 8.31. The number of hydrogen-bond acceptors (Lipinski definition) is 6. The van der Waals surface area contributed by atoms with Gasteiger partial charge in [-0.2, -0.15) is 0 Å². The Bertz CT molecular complexity index is 1060. The molecule has 0 aliphatic carbocycles. The third-order valence-corrected chi connectivity index (χ3v) is 9.47. The van der Waals surface area contributed by atoms with Crippen molar-refractivity contribution in [3.8, 4) is 0 Å². The number of carbonyl (C=O) groups excluding carboxylic acids is 3. The van der Waals surface area contributed by atoms with E-state index in [9.17, 15) is 19.5 Å². The Morgan fingerprint density at radius 3 is 2.60 bits per heavy atom. The Kier molecular flexibility index (Phi) is 6.53. The summed E-state index contributed by atoms with van der Waals surface area (Å²) in [6.07, 6.45) is 9.97. The lowest BCUT2D eigenvalue weighted by Crippen LogP contribution is -2.53. The third kappa shape index (κ3) is 4.00. The standard InChI is InChI=1S/C27H32N2O5S/c1-26-12-9-17-34-25(33)21(26)20-23(31)29(15-6-3-7-16-30)22-24(32)28(14-8-13-27(20,22)35-26)18-19-10-4-2-5-11-19/h2,4-5,8-13,20-22,30H,3,6-7,14-18H2,1H3/t20-,21+,22?,26-,27-/m0/s1. The van der Waals surface area contributed by atoms with Gasteiger partial charge in [-0.25, -0.2) is 0 Å². The number of carbonyl (C=O) groups is 3. The van der Waals surface area contributed by atoms with Crippen molar-refractivity contribution in [3.63, 3.8) is 0 Å². The van der Waals surface area contributed by atoms with Crippen LogP contribution in [0.2, 0.25) is 0 Å². The second kappa shape index (κ2) is 9.47. The summed E-state index contributed by atoms with van der Waals surface area (Å²) >= 11 is 1.57. The molecule has 2 saturated heterocycles. The molecule has 8 heteroatoms. The first kappa shape index (κ1) is 24.1. The summed E-state index contributed by atoms with van der Waals surface area (Å²) < 4.78 is 4.00. The molecule has 0 saturated carbocycles. The van der Waals surface area contributed by atoms with Crippen LogP contribution in [0.1, 0.15) is 31.7 Å². The highest BCUT2D eigenvalue weighted by atomic mass is 32.2. The second-order valence-electron chi connectivity index (χ2n) is 9.95. The van der Waals surface area contributed by atoms with E-state index in [4.69, 9.17) is 4.74 Å². The Morgan fingerprint density at radius 2 is 1.83 bits per heavy atom. The number of esters is 1. The van der Waals surface area contributed by atoms with Crippen LogP contribution >= 0.6 is 11.8 Å². The number of aliphatic hydroxyl groups excluding tert-OH is 1. The number of benzene rings is 1. The molecule has 186 valence electrons. The van der Waals surface area contributed by atoms with Crippen LogP contribution in [0.15, 0.2) is 54.6 Å². The molecule has 4 aliphatic rings. The van der Waals surface area contributed by atoms with Crippen LogP contribution in [0.4, 0.5) is 0 Å². The van der Waals surface area contributed by atoms with Gasteiger partial charge in [0.2, 0.25) is 11.8 Å². The van der Waals surface area contributed by atoms with Gasteiger partial charge >= 0.3 is 5.97 Å². The minimum atomic E-state index is -0.837. The smallest absolute Gasteiger partial charge is 0.311 e. The maximum absolute atomic E-state index is 14.2. The number of thioether (sulfide) groups is 1. The van der Waals surface area contributed by atoms with Crippen LogP contribution in [-0.4, -0.2) is 74.5 Å². The minimum Gasteiger partial charge on any atom is -0.461 e. The third-order valence-electron chi connectivity index (χ3n) is 7.67. The summed E-state index contributed by atoms with van der Waals surface area (Å²) in [6.45, 7) is 3.63. The lowest BCUT2D eigenvalue weighted by atomic mass is 9.75. The van der Waals surface area contributed by atoms with Gasteiger partial charge in [0, 0.05) is 31.0 Å². The molecule has 4 heterocycles.